The Labute approximate surface area is 102 Å². The molecule has 0 saturated carbocycles. The zero-order valence-corrected chi connectivity index (χ0v) is 10.6. The third-order valence-electron chi connectivity index (χ3n) is 2.41. The summed E-state index contributed by atoms with van der Waals surface area (Å²) in [6, 6.07) is 1.78. The summed E-state index contributed by atoms with van der Waals surface area (Å²) in [7, 11) is 1.67. The molecule has 0 fully saturated rings. The normalized spacial score (nSPS) is 10.1. The van der Waals surface area contributed by atoms with E-state index in [2.05, 4.69) is 29.1 Å². The van der Waals surface area contributed by atoms with Gasteiger partial charge >= 0.3 is 0 Å². The second-order valence-electron chi connectivity index (χ2n) is 4.38. The molecule has 17 heavy (non-hydrogen) atoms. The van der Waals surface area contributed by atoms with Crippen molar-refractivity contribution < 1.29 is 0 Å². The van der Waals surface area contributed by atoms with Crippen molar-refractivity contribution in [2.24, 2.45) is 5.92 Å². The lowest BCUT2D eigenvalue weighted by Crippen LogP contribution is -2.11. The van der Waals surface area contributed by atoms with Crippen molar-refractivity contribution in [2.45, 2.75) is 26.7 Å². The third-order valence-corrected chi connectivity index (χ3v) is 2.41. The van der Waals surface area contributed by atoms with E-state index in [9.17, 15) is 0 Å². The maximum absolute atomic E-state index is 8.75. The molecule has 0 spiro atoms. The lowest BCUT2D eigenvalue weighted by atomic mass is 10.1. The Morgan fingerprint density at radius 1 is 1.47 bits per heavy atom. The number of nitrogens with zero attached hydrogens (tertiary/aromatic N) is 4. The first-order valence-corrected chi connectivity index (χ1v) is 5.83. The second-order valence-corrected chi connectivity index (χ2v) is 4.38. The first-order chi connectivity index (χ1) is 8.13. The van der Waals surface area contributed by atoms with Crippen molar-refractivity contribution in [3.05, 3.63) is 12.4 Å². The van der Waals surface area contributed by atoms with Crippen molar-refractivity contribution in [3.8, 4) is 6.19 Å². The Balaban J connectivity index is 2.46. The number of hydrogen-bond acceptors (Lipinski definition) is 5. The van der Waals surface area contributed by atoms with Gasteiger partial charge in [0.25, 0.3) is 0 Å². The quantitative estimate of drug-likeness (QED) is 0.464. The zero-order valence-electron chi connectivity index (χ0n) is 10.6. The highest BCUT2D eigenvalue weighted by Gasteiger charge is 2.02. The van der Waals surface area contributed by atoms with E-state index in [1.165, 1.54) is 17.6 Å². The minimum absolute atomic E-state index is 0.605. The minimum Gasteiger partial charge on any atom is -0.370 e. The van der Waals surface area contributed by atoms with Gasteiger partial charge < -0.3 is 5.32 Å². The minimum atomic E-state index is 0.605. The van der Waals surface area contributed by atoms with Crippen LogP contribution in [0.5, 0.6) is 0 Å². The van der Waals surface area contributed by atoms with Crippen LogP contribution in [-0.4, -0.2) is 23.6 Å². The summed E-state index contributed by atoms with van der Waals surface area (Å²) in [5.74, 6) is 2.09. The molecule has 0 atom stereocenters. The van der Waals surface area contributed by atoms with E-state index in [-0.39, 0.29) is 0 Å². The maximum Gasteiger partial charge on any atom is 0.185 e. The van der Waals surface area contributed by atoms with Crippen LogP contribution in [0.2, 0.25) is 0 Å². The first kappa shape index (κ1) is 13.2. The molecule has 0 aromatic carbocycles. The standard InChI is InChI=1S/C12H19N5/c1-10(2)5-4-6-14-11-7-12(16-9-15-11)17(3)8-13/h7,9-10H,4-6H2,1-3H3,(H,14,15,16). The third kappa shape index (κ3) is 4.68. The molecule has 0 saturated heterocycles. The van der Waals surface area contributed by atoms with Gasteiger partial charge in [-0.15, -0.1) is 0 Å². The van der Waals surface area contributed by atoms with E-state index < -0.39 is 0 Å². The molecule has 1 N–H and O–H groups in total. The van der Waals surface area contributed by atoms with E-state index in [1.54, 1.807) is 13.1 Å². The number of hydrogen-bond donors (Lipinski definition) is 1. The number of nitrogens with one attached hydrogen (secondary N) is 1. The average Bonchev–Trinajstić information content (AvgIpc) is 2.34. The molecule has 0 radical (unpaired) electrons. The number of nitriles is 1. The topological polar surface area (TPSA) is 64.8 Å². The molecule has 92 valence electrons. The molecule has 0 bridgehead atoms. The van der Waals surface area contributed by atoms with Crippen LogP contribution in [0.25, 0.3) is 0 Å². The molecule has 1 rings (SSSR count). The Bertz CT molecular complexity index is 383. The number of aromatic nitrogens is 2. The van der Waals surface area contributed by atoms with Crippen LogP contribution < -0.4 is 10.2 Å². The monoisotopic (exact) mass is 233 g/mol. The average molecular weight is 233 g/mol. The Hall–Kier alpha value is -1.83. The summed E-state index contributed by atoms with van der Waals surface area (Å²) in [4.78, 5) is 9.54. The van der Waals surface area contributed by atoms with Crippen LogP contribution in [0.3, 0.4) is 0 Å². The van der Waals surface area contributed by atoms with Crippen LogP contribution in [0, 0.1) is 17.4 Å². The SMILES string of the molecule is CC(C)CCCNc1cc(N(C)C#N)ncn1. The number of anilines is 2. The fourth-order valence-corrected chi connectivity index (χ4v) is 1.41. The summed E-state index contributed by atoms with van der Waals surface area (Å²) < 4.78 is 0. The van der Waals surface area contributed by atoms with Crippen molar-refractivity contribution in [1.29, 1.82) is 5.26 Å². The van der Waals surface area contributed by atoms with Gasteiger partial charge in [-0.2, -0.15) is 5.26 Å². The van der Waals surface area contributed by atoms with Crippen LogP contribution in [-0.2, 0) is 0 Å². The maximum atomic E-state index is 8.75. The molecule has 0 amide bonds. The predicted molar refractivity (Wildman–Crippen MR) is 68.6 cm³/mol. The highest BCUT2D eigenvalue weighted by Crippen LogP contribution is 2.12. The summed E-state index contributed by atoms with van der Waals surface area (Å²) >= 11 is 0. The van der Waals surface area contributed by atoms with E-state index in [1.807, 2.05) is 6.19 Å². The predicted octanol–water partition coefficient (Wildman–Crippen LogP) is 2.24. The molecule has 1 heterocycles. The molecule has 0 aliphatic rings. The number of rotatable bonds is 6. The van der Waals surface area contributed by atoms with Gasteiger partial charge in [0, 0.05) is 19.7 Å². The van der Waals surface area contributed by atoms with Crippen molar-refractivity contribution in [3.63, 3.8) is 0 Å². The lowest BCUT2D eigenvalue weighted by Gasteiger charge is -2.10. The Kier molecular flexibility index (Phi) is 5.21. The van der Waals surface area contributed by atoms with Crippen molar-refractivity contribution in [1.82, 2.24) is 9.97 Å². The van der Waals surface area contributed by atoms with Gasteiger partial charge in [-0.1, -0.05) is 13.8 Å². The second kappa shape index (κ2) is 6.69. The van der Waals surface area contributed by atoms with Gasteiger partial charge in [-0.25, -0.2) is 9.97 Å². The Morgan fingerprint density at radius 2 is 2.24 bits per heavy atom. The van der Waals surface area contributed by atoms with Crippen molar-refractivity contribution >= 4 is 11.6 Å². The molecule has 1 aromatic heterocycles. The fraction of sp³-hybridized carbons (Fsp3) is 0.583. The van der Waals surface area contributed by atoms with Crippen LogP contribution in [0.15, 0.2) is 12.4 Å². The first-order valence-electron chi connectivity index (χ1n) is 5.83. The molecular weight excluding hydrogens is 214 g/mol. The van der Waals surface area contributed by atoms with Crippen LogP contribution >= 0.6 is 0 Å². The van der Waals surface area contributed by atoms with Gasteiger partial charge in [0.05, 0.1) is 0 Å². The largest absolute Gasteiger partial charge is 0.370 e. The summed E-state index contributed by atoms with van der Waals surface area (Å²) in [5, 5.41) is 12.0. The van der Waals surface area contributed by atoms with E-state index in [4.69, 9.17) is 5.26 Å². The van der Waals surface area contributed by atoms with E-state index in [0.29, 0.717) is 5.82 Å². The highest BCUT2D eigenvalue weighted by molar-refractivity contribution is 5.50. The summed E-state index contributed by atoms with van der Waals surface area (Å²) in [6.45, 7) is 5.32. The van der Waals surface area contributed by atoms with Gasteiger partial charge in [0.15, 0.2) is 6.19 Å². The molecule has 0 unspecified atom stereocenters. The molecule has 5 heteroatoms. The molecule has 1 aromatic rings. The zero-order chi connectivity index (χ0) is 12.7. The van der Waals surface area contributed by atoms with Gasteiger partial charge in [0.1, 0.15) is 18.0 Å². The van der Waals surface area contributed by atoms with E-state index >= 15 is 0 Å². The van der Waals surface area contributed by atoms with E-state index in [0.717, 1.165) is 24.7 Å². The molecule has 0 aliphatic carbocycles. The van der Waals surface area contributed by atoms with Gasteiger partial charge in [0.2, 0.25) is 0 Å². The molecule has 5 nitrogen and oxygen atoms in total. The lowest BCUT2D eigenvalue weighted by molar-refractivity contribution is 0.566. The molecular formula is C12H19N5. The van der Waals surface area contributed by atoms with Gasteiger partial charge in [-0.3, -0.25) is 4.90 Å². The highest BCUT2D eigenvalue weighted by atomic mass is 15.2. The van der Waals surface area contributed by atoms with Crippen LogP contribution in [0.4, 0.5) is 11.6 Å². The fourth-order valence-electron chi connectivity index (χ4n) is 1.41. The van der Waals surface area contributed by atoms with Gasteiger partial charge in [-0.05, 0) is 18.8 Å². The summed E-state index contributed by atoms with van der Waals surface area (Å²) in [6.07, 6.45) is 5.79. The van der Waals surface area contributed by atoms with Crippen LogP contribution in [0.1, 0.15) is 26.7 Å². The molecule has 0 aliphatic heterocycles. The van der Waals surface area contributed by atoms with Crippen molar-refractivity contribution in [2.75, 3.05) is 23.8 Å². The smallest absolute Gasteiger partial charge is 0.185 e. The Morgan fingerprint density at radius 3 is 2.88 bits per heavy atom. The summed E-state index contributed by atoms with van der Waals surface area (Å²) in [5.41, 5.74) is 0.